The van der Waals surface area contributed by atoms with Crippen molar-refractivity contribution in [3.63, 3.8) is 0 Å². The van der Waals surface area contributed by atoms with E-state index < -0.39 is 5.60 Å². The topological polar surface area (TPSA) is 61.8 Å². The summed E-state index contributed by atoms with van der Waals surface area (Å²) in [6.45, 7) is 6.41. The number of likely N-dealkylation sites (tertiary alicyclic amines) is 1. The molecule has 1 atom stereocenters. The van der Waals surface area contributed by atoms with Crippen molar-refractivity contribution in [1.82, 2.24) is 10.2 Å². The van der Waals surface area contributed by atoms with Gasteiger partial charge in [0.25, 0.3) is 0 Å². The maximum atomic E-state index is 13.0. The summed E-state index contributed by atoms with van der Waals surface area (Å²) >= 11 is 0. The third kappa shape index (κ3) is 6.54. The number of aryl methyl sites for hydroxylation is 2. The van der Waals surface area contributed by atoms with Crippen LogP contribution in [0.2, 0.25) is 0 Å². The van der Waals surface area contributed by atoms with Gasteiger partial charge in [-0.3, -0.25) is 9.69 Å². The number of hydrogen-bond acceptors (Lipinski definition) is 4. The van der Waals surface area contributed by atoms with Crippen LogP contribution in [0.25, 0.3) is 0 Å². The molecule has 5 nitrogen and oxygen atoms in total. The SMILES string of the molecule is Cc1ccc(OCC2(O)CCCN(CC(=O)NCc3ccc(F)cc3)CC2)cc1C. The van der Waals surface area contributed by atoms with E-state index in [1.54, 1.807) is 12.1 Å². The van der Waals surface area contributed by atoms with E-state index in [0.29, 0.717) is 25.9 Å². The van der Waals surface area contributed by atoms with Crippen molar-refractivity contribution in [3.05, 3.63) is 65.0 Å². The highest BCUT2D eigenvalue weighted by molar-refractivity contribution is 5.78. The number of aliphatic hydroxyl groups is 1. The van der Waals surface area contributed by atoms with Crippen LogP contribution in [0, 0.1) is 19.7 Å². The zero-order valence-electron chi connectivity index (χ0n) is 17.8. The van der Waals surface area contributed by atoms with Gasteiger partial charge in [0.15, 0.2) is 0 Å². The van der Waals surface area contributed by atoms with Crippen LogP contribution in [-0.2, 0) is 11.3 Å². The molecule has 1 amide bonds. The molecule has 1 aliphatic heterocycles. The number of nitrogens with zero attached hydrogens (tertiary/aromatic N) is 1. The van der Waals surface area contributed by atoms with E-state index in [0.717, 1.165) is 29.8 Å². The zero-order chi connectivity index (χ0) is 21.6. The molecule has 0 spiro atoms. The molecule has 3 rings (SSSR count). The highest BCUT2D eigenvalue weighted by Crippen LogP contribution is 2.25. The largest absolute Gasteiger partial charge is 0.491 e. The van der Waals surface area contributed by atoms with Crippen LogP contribution in [0.5, 0.6) is 5.75 Å². The van der Waals surface area contributed by atoms with Gasteiger partial charge in [-0.25, -0.2) is 4.39 Å². The average molecular weight is 415 g/mol. The smallest absolute Gasteiger partial charge is 0.234 e. The molecule has 0 aliphatic carbocycles. The molecule has 0 aromatic heterocycles. The molecule has 1 fully saturated rings. The Hall–Kier alpha value is -2.44. The molecule has 2 N–H and O–H groups in total. The van der Waals surface area contributed by atoms with Gasteiger partial charge in [0.05, 0.1) is 12.1 Å². The molecule has 0 bridgehead atoms. The molecule has 30 heavy (non-hydrogen) atoms. The Balaban J connectivity index is 1.44. The molecule has 1 heterocycles. The van der Waals surface area contributed by atoms with Gasteiger partial charge in [0.2, 0.25) is 5.91 Å². The lowest BCUT2D eigenvalue weighted by Crippen LogP contribution is -2.40. The van der Waals surface area contributed by atoms with Crippen LogP contribution >= 0.6 is 0 Å². The number of benzene rings is 2. The molecule has 1 aliphatic rings. The fraction of sp³-hybridized carbons (Fsp3) is 0.458. The molecule has 1 saturated heterocycles. The van der Waals surface area contributed by atoms with Gasteiger partial charge in [0.1, 0.15) is 18.2 Å². The van der Waals surface area contributed by atoms with E-state index in [1.165, 1.54) is 17.7 Å². The molecule has 0 radical (unpaired) electrons. The summed E-state index contributed by atoms with van der Waals surface area (Å²) in [6.07, 6.45) is 2.01. The summed E-state index contributed by atoms with van der Waals surface area (Å²) in [5.74, 6) is 0.410. The lowest BCUT2D eigenvalue weighted by molar-refractivity contribution is -0.122. The van der Waals surface area contributed by atoms with E-state index in [-0.39, 0.29) is 24.9 Å². The Morgan fingerprint density at radius 1 is 1.13 bits per heavy atom. The summed E-state index contributed by atoms with van der Waals surface area (Å²) in [6, 6.07) is 12.0. The minimum Gasteiger partial charge on any atom is -0.491 e. The predicted octanol–water partition coefficient (Wildman–Crippen LogP) is 3.35. The Labute approximate surface area is 177 Å². The summed E-state index contributed by atoms with van der Waals surface area (Å²) in [5, 5.41) is 13.9. The molecule has 6 heteroatoms. The highest BCUT2D eigenvalue weighted by Gasteiger charge is 2.31. The van der Waals surface area contributed by atoms with E-state index in [2.05, 4.69) is 17.1 Å². The number of amides is 1. The van der Waals surface area contributed by atoms with E-state index in [4.69, 9.17) is 4.74 Å². The van der Waals surface area contributed by atoms with Gasteiger partial charge in [-0.2, -0.15) is 0 Å². The van der Waals surface area contributed by atoms with E-state index in [9.17, 15) is 14.3 Å². The third-order valence-corrected chi connectivity index (χ3v) is 5.77. The fourth-order valence-electron chi connectivity index (χ4n) is 3.62. The second kappa shape index (κ2) is 10.0. The summed E-state index contributed by atoms with van der Waals surface area (Å²) in [4.78, 5) is 14.3. The number of halogens is 1. The monoisotopic (exact) mass is 414 g/mol. The lowest BCUT2D eigenvalue weighted by Gasteiger charge is -2.27. The Kier molecular flexibility index (Phi) is 7.45. The Morgan fingerprint density at radius 3 is 2.63 bits per heavy atom. The Bertz CT molecular complexity index is 856. The van der Waals surface area contributed by atoms with Crippen molar-refractivity contribution in [1.29, 1.82) is 0 Å². The van der Waals surface area contributed by atoms with Crippen molar-refractivity contribution in [2.45, 2.75) is 45.3 Å². The maximum absolute atomic E-state index is 13.0. The van der Waals surface area contributed by atoms with Gasteiger partial charge in [-0.05, 0) is 80.6 Å². The van der Waals surface area contributed by atoms with Gasteiger partial charge in [-0.15, -0.1) is 0 Å². The molecule has 0 saturated carbocycles. The zero-order valence-corrected chi connectivity index (χ0v) is 17.8. The normalized spacial score (nSPS) is 19.9. The van der Waals surface area contributed by atoms with Gasteiger partial charge < -0.3 is 15.2 Å². The molecule has 162 valence electrons. The standard InChI is InChI=1S/C24H31FN2O3/c1-18-4-9-22(14-19(18)2)30-17-24(29)10-3-12-27(13-11-24)16-23(28)26-15-20-5-7-21(25)8-6-20/h4-9,14,29H,3,10-13,15-17H2,1-2H3,(H,26,28). The number of carbonyl (C=O) groups excluding carboxylic acids is 1. The number of rotatable bonds is 7. The van der Waals surface area contributed by atoms with Crippen molar-refractivity contribution >= 4 is 5.91 Å². The maximum Gasteiger partial charge on any atom is 0.234 e. The van der Waals surface area contributed by atoms with Crippen molar-refractivity contribution in [2.24, 2.45) is 0 Å². The Morgan fingerprint density at radius 2 is 1.90 bits per heavy atom. The van der Waals surface area contributed by atoms with Crippen molar-refractivity contribution in [2.75, 3.05) is 26.2 Å². The van der Waals surface area contributed by atoms with Gasteiger partial charge in [-0.1, -0.05) is 18.2 Å². The first-order chi connectivity index (χ1) is 14.3. The summed E-state index contributed by atoms with van der Waals surface area (Å²) < 4.78 is 18.8. The van der Waals surface area contributed by atoms with Crippen LogP contribution in [0.1, 0.15) is 36.0 Å². The van der Waals surface area contributed by atoms with E-state index in [1.807, 2.05) is 25.1 Å². The molecular weight excluding hydrogens is 383 g/mol. The van der Waals surface area contributed by atoms with Gasteiger partial charge in [0, 0.05) is 13.1 Å². The number of hydrogen-bond donors (Lipinski definition) is 2. The van der Waals surface area contributed by atoms with Crippen molar-refractivity contribution < 1.29 is 19.0 Å². The quantitative estimate of drug-likeness (QED) is 0.729. The minimum absolute atomic E-state index is 0.0730. The predicted molar refractivity (Wildman–Crippen MR) is 115 cm³/mol. The number of carbonyl (C=O) groups is 1. The summed E-state index contributed by atoms with van der Waals surface area (Å²) in [7, 11) is 0. The minimum atomic E-state index is -0.891. The number of nitrogens with one attached hydrogen (secondary N) is 1. The fourth-order valence-corrected chi connectivity index (χ4v) is 3.62. The average Bonchev–Trinajstić information content (AvgIpc) is 2.90. The second-order valence-electron chi connectivity index (χ2n) is 8.29. The van der Waals surface area contributed by atoms with Gasteiger partial charge >= 0.3 is 0 Å². The van der Waals surface area contributed by atoms with E-state index >= 15 is 0 Å². The number of ether oxygens (including phenoxy) is 1. The molecular formula is C24H31FN2O3. The van der Waals surface area contributed by atoms with Crippen LogP contribution in [-0.4, -0.2) is 47.8 Å². The molecule has 1 unspecified atom stereocenters. The first kappa shape index (κ1) is 22.2. The first-order valence-electron chi connectivity index (χ1n) is 10.5. The first-order valence-corrected chi connectivity index (χ1v) is 10.5. The van der Waals surface area contributed by atoms with Crippen LogP contribution in [0.4, 0.5) is 4.39 Å². The van der Waals surface area contributed by atoms with Crippen molar-refractivity contribution in [3.8, 4) is 5.75 Å². The van der Waals surface area contributed by atoms with Crippen LogP contribution in [0.15, 0.2) is 42.5 Å². The molecule has 2 aromatic rings. The second-order valence-corrected chi connectivity index (χ2v) is 8.29. The highest BCUT2D eigenvalue weighted by atomic mass is 19.1. The van der Waals surface area contributed by atoms with Crippen LogP contribution < -0.4 is 10.1 Å². The summed E-state index contributed by atoms with van der Waals surface area (Å²) in [5.41, 5.74) is 2.35. The third-order valence-electron chi connectivity index (χ3n) is 5.77. The molecule has 2 aromatic carbocycles. The van der Waals surface area contributed by atoms with Crippen LogP contribution in [0.3, 0.4) is 0 Å². The lowest BCUT2D eigenvalue weighted by atomic mass is 9.96.